The smallest absolute Gasteiger partial charge is 0.263 e. The van der Waals surface area contributed by atoms with Crippen LogP contribution in [0.25, 0.3) is 0 Å². The van der Waals surface area contributed by atoms with Gasteiger partial charge in [0, 0.05) is 48.7 Å². The van der Waals surface area contributed by atoms with Crippen molar-refractivity contribution in [3.05, 3.63) is 64.2 Å². The number of fused-ring (bicyclic) bond motifs is 1. The van der Waals surface area contributed by atoms with Gasteiger partial charge in [0.1, 0.15) is 17.9 Å². The SMILES string of the molecule is Cc1c(Nc2cc[nH]c(=O)c2C(=O)Nc2ccc(N3CCC(C(N)=O)CC3)cc2)cnc2c1NCCO2. The minimum Gasteiger partial charge on any atom is -0.474 e. The lowest BCUT2D eigenvalue weighted by Crippen LogP contribution is -2.38. The van der Waals surface area contributed by atoms with Crippen LogP contribution in [0.3, 0.4) is 0 Å². The summed E-state index contributed by atoms with van der Waals surface area (Å²) in [6, 6.07) is 9.04. The normalized spacial score (nSPS) is 15.2. The van der Waals surface area contributed by atoms with E-state index in [1.165, 1.54) is 6.20 Å². The maximum Gasteiger partial charge on any atom is 0.263 e. The lowest BCUT2D eigenvalue weighted by molar-refractivity contribution is -0.122. The lowest BCUT2D eigenvalue weighted by Gasteiger charge is -2.32. The molecule has 2 aliphatic heterocycles. The van der Waals surface area contributed by atoms with Gasteiger partial charge < -0.3 is 36.3 Å². The Kier molecular flexibility index (Phi) is 6.67. The Morgan fingerprint density at radius 3 is 2.62 bits per heavy atom. The molecule has 11 heteroatoms. The summed E-state index contributed by atoms with van der Waals surface area (Å²) in [6.07, 6.45) is 4.56. The third kappa shape index (κ3) is 5.06. The van der Waals surface area contributed by atoms with Gasteiger partial charge in [-0.1, -0.05) is 0 Å². The molecule has 11 nitrogen and oxygen atoms in total. The zero-order valence-corrected chi connectivity index (χ0v) is 20.5. The first kappa shape index (κ1) is 24.2. The van der Waals surface area contributed by atoms with E-state index in [0.717, 1.165) is 42.9 Å². The Morgan fingerprint density at radius 1 is 1.14 bits per heavy atom. The number of carbonyl (C=O) groups excluding carboxylic acids is 2. The molecule has 2 amide bonds. The van der Waals surface area contributed by atoms with Crippen LogP contribution in [0.15, 0.2) is 47.5 Å². The van der Waals surface area contributed by atoms with Gasteiger partial charge >= 0.3 is 0 Å². The summed E-state index contributed by atoms with van der Waals surface area (Å²) >= 11 is 0. The number of hydrogen-bond acceptors (Lipinski definition) is 8. The third-order valence-electron chi connectivity index (χ3n) is 6.79. The molecular weight excluding hydrogens is 474 g/mol. The van der Waals surface area contributed by atoms with Gasteiger partial charge in [0.15, 0.2) is 0 Å². The molecule has 5 rings (SSSR count). The number of amides is 2. The van der Waals surface area contributed by atoms with Crippen LogP contribution in [0.4, 0.5) is 28.4 Å². The van der Waals surface area contributed by atoms with Crippen LogP contribution in [-0.4, -0.2) is 48.0 Å². The fraction of sp³-hybridized carbons (Fsp3) is 0.308. The molecule has 0 unspecified atom stereocenters. The van der Waals surface area contributed by atoms with Crippen molar-refractivity contribution in [2.24, 2.45) is 11.7 Å². The van der Waals surface area contributed by atoms with Gasteiger partial charge in [0.25, 0.3) is 11.5 Å². The highest BCUT2D eigenvalue weighted by atomic mass is 16.5. The van der Waals surface area contributed by atoms with Crippen LogP contribution in [0.2, 0.25) is 0 Å². The van der Waals surface area contributed by atoms with E-state index in [9.17, 15) is 14.4 Å². The van der Waals surface area contributed by atoms with Crippen molar-refractivity contribution >= 4 is 40.3 Å². The van der Waals surface area contributed by atoms with E-state index in [-0.39, 0.29) is 17.4 Å². The zero-order chi connectivity index (χ0) is 25.9. The standard InChI is InChI=1S/C26H29N7O4/c1-15-20(14-30-26-22(15)28-10-13-37-26)32-19-6-9-29-24(35)21(19)25(36)31-17-2-4-18(5-3-17)33-11-7-16(8-12-33)23(27)34/h2-6,9,14,16,28H,7-8,10-13H2,1H3,(H2,27,34)(H,31,36)(H2,29,32,35). The number of nitrogens with one attached hydrogen (secondary N) is 4. The molecule has 0 atom stereocenters. The first-order valence-corrected chi connectivity index (χ1v) is 12.2. The molecular formula is C26H29N7O4. The van der Waals surface area contributed by atoms with E-state index >= 15 is 0 Å². The average molecular weight is 504 g/mol. The van der Waals surface area contributed by atoms with Crippen LogP contribution < -0.4 is 36.9 Å². The van der Waals surface area contributed by atoms with Crippen molar-refractivity contribution in [1.29, 1.82) is 0 Å². The molecule has 4 heterocycles. The molecule has 37 heavy (non-hydrogen) atoms. The van der Waals surface area contributed by atoms with Crippen LogP contribution in [0.1, 0.15) is 28.8 Å². The van der Waals surface area contributed by atoms with Crippen LogP contribution in [-0.2, 0) is 4.79 Å². The molecule has 2 aromatic heterocycles. The number of H-pyrrole nitrogens is 1. The van der Waals surface area contributed by atoms with E-state index < -0.39 is 11.5 Å². The summed E-state index contributed by atoms with van der Waals surface area (Å²) < 4.78 is 5.58. The lowest BCUT2D eigenvalue weighted by atomic mass is 9.96. The van der Waals surface area contributed by atoms with Gasteiger partial charge in [-0.15, -0.1) is 0 Å². The summed E-state index contributed by atoms with van der Waals surface area (Å²) in [5.41, 5.74) is 9.09. The summed E-state index contributed by atoms with van der Waals surface area (Å²) in [4.78, 5) is 46.4. The highest BCUT2D eigenvalue weighted by Gasteiger charge is 2.24. The molecule has 0 radical (unpaired) electrons. The van der Waals surface area contributed by atoms with Gasteiger partial charge in [-0.05, 0) is 50.1 Å². The Morgan fingerprint density at radius 2 is 1.89 bits per heavy atom. The molecule has 6 N–H and O–H groups in total. The molecule has 2 aliphatic rings. The molecule has 0 aliphatic carbocycles. The molecule has 0 saturated carbocycles. The molecule has 1 aromatic carbocycles. The number of aromatic amines is 1. The number of nitrogens with zero attached hydrogens (tertiary/aromatic N) is 2. The quantitative estimate of drug-likeness (QED) is 0.344. The summed E-state index contributed by atoms with van der Waals surface area (Å²) in [5, 5.41) is 9.27. The maximum absolute atomic E-state index is 13.2. The van der Waals surface area contributed by atoms with Crippen molar-refractivity contribution in [1.82, 2.24) is 9.97 Å². The van der Waals surface area contributed by atoms with E-state index in [0.29, 0.717) is 36.1 Å². The predicted octanol–water partition coefficient (Wildman–Crippen LogP) is 2.58. The second-order valence-corrected chi connectivity index (χ2v) is 9.14. The fourth-order valence-corrected chi connectivity index (χ4v) is 4.67. The molecule has 1 fully saturated rings. The number of benzene rings is 1. The van der Waals surface area contributed by atoms with Crippen LogP contribution >= 0.6 is 0 Å². The number of pyridine rings is 2. The fourth-order valence-electron chi connectivity index (χ4n) is 4.67. The number of primary amides is 1. The minimum absolute atomic E-state index is 0.0403. The van der Waals surface area contributed by atoms with E-state index in [4.69, 9.17) is 10.5 Å². The molecule has 1 saturated heterocycles. The third-order valence-corrected chi connectivity index (χ3v) is 6.79. The van der Waals surface area contributed by atoms with Gasteiger partial charge in [-0.25, -0.2) is 4.98 Å². The molecule has 0 spiro atoms. The number of nitrogens with two attached hydrogens (primary N) is 1. The second kappa shape index (κ2) is 10.2. The summed E-state index contributed by atoms with van der Waals surface area (Å²) in [7, 11) is 0. The number of aromatic nitrogens is 2. The molecule has 0 bridgehead atoms. The first-order valence-electron chi connectivity index (χ1n) is 12.2. The Bertz CT molecular complexity index is 1380. The predicted molar refractivity (Wildman–Crippen MR) is 142 cm³/mol. The monoisotopic (exact) mass is 503 g/mol. The number of rotatable bonds is 6. The Balaban J connectivity index is 1.31. The Hall–Kier alpha value is -4.54. The maximum atomic E-state index is 13.2. The topological polar surface area (TPSA) is 154 Å². The number of ether oxygens (including phenoxy) is 1. The number of piperidine rings is 1. The van der Waals surface area contributed by atoms with Gasteiger partial charge in [0.2, 0.25) is 11.8 Å². The van der Waals surface area contributed by atoms with Crippen LogP contribution in [0, 0.1) is 12.8 Å². The zero-order valence-electron chi connectivity index (χ0n) is 20.5. The van der Waals surface area contributed by atoms with Gasteiger partial charge in [-0.2, -0.15) is 0 Å². The van der Waals surface area contributed by atoms with Crippen LogP contribution in [0.5, 0.6) is 5.88 Å². The Labute approximate surface area is 213 Å². The highest BCUT2D eigenvalue weighted by Crippen LogP contribution is 2.34. The van der Waals surface area contributed by atoms with Crippen molar-refractivity contribution in [2.75, 3.05) is 47.1 Å². The summed E-state index contributed by atoms with van der Waals surface area (Å²) in [6.45, 7) is 4.61. The van der Waals surface area contributed by atoms with Crippen molar-refractivity contribution in [3.63, 3.8) is 0 Å². The van der Waals surface area contributed by atoms with E-state index in [2.05, 4.69) is 30.8 Å². The number of carbonyl (C=O) groups is 2. The van der Waals surface area contributed by atoms with E-state index in [1.54, 1.807) is 24.4 Å². The summed E-state index contributed by atoms with van der Waals surface area (Å²) in [5.74, 6) is -0.332. The van der Waals surface area contributed by atoms with Gasteiger partial charge in [-0.3, -0.25) is 14.4 Å². The van der Waals surface area contributed by atoms with Crippen molar-refractivity contribution < 1.29 is 14.3 Å². The van der Waals surface area contributed by atoms with Gasteiger partial charge in [0.05, 0.1) is 17.6 Å². The van der Waals surface area contributed by atoms with Crippen molar-refractivity contribution in [3.8, 4) is 5.88 Å². The van der Waals surface area contributed by atoms with E-state index in [1.807, 2.05) is 19.1 Å². The average Bonchev–Trinajstić information content (AvgIpc) is 2.91. The molecule has 3 aromatic rings. The largest absolute Gasteiger partial charge is 0.474 e. The van der Waals surface area contributed by atoms with Crippen molar-refractivity contribution in [2.45, 2.75) is 19.8 Å². The minimum atomic E-state index is -0.538. The number of anilines is 5. The second-order valence-electron chi connectivity index (χ2n) is 9.14. The number of hydrogen-bond donors (Lipinski definition) is 5. The first-order chi connectivity index (χ1) is 17.9. The highest BCUT2D eigenvalue weighted by molar-refractivity contribution is 6.08. The molecule has 192 valence electrons.